The predicted octanol–water partition coefficient (Wildman–Crippen LogP) is 2.60. The van der Waals surface area contributed by atoms with E-state index in [-0.39, 0.29) is 30.1 Å². The lowest BCUT2D eigenvalue weighted by atomic mass is 10.0. The Hall–Kier alpha value is -1.65. The van der Waals surface area contributed by atoms with Crippen molar-refractivity contribution in [1.82, 2.24) is 5.32 Å². The summed E-state index contributed by atoms with van der Waals surface area (Å²) >= 11 is 0. The van der Waals surface area contributed by atoms with Crippen LogP contribution >= 0.6 is 0 Å². The lowest BCUT2D eigenvalue weighted by molar-refractivity contribution is -0.119. The van der Waals surface area contributed by atoms with Crippen LogP contribution in [0, 0.1) is 17.6 Å². The van der Waals surface area contributed by atoms with E-state index in [1.54, 1.807) is 0 Å². The van der Waals surface area contributed by atoms with E-state index >= 15 is 0 Å². The Morgan fingerprint density at radius 3 is 2.74 bits per heavy atom. The zero-order valence-electron chi connectivity index (χ0n) is 11.0. The average molecular weight is 269 g/mol. The molecule has 104 valence electrons. The lowest BCUT2D eigenvalue weighted by Crippen LogP contribution is -2.17. The molecule has 0 saturated carbocycles. The molecule has 1 N–H and O–H groups in total. The fraction of sp³-hybridized carbons (Fsp3) is 0.500. The van der Waals surface area contributed by atoms with Crippen LogP contribution in [-0.4, -0.2) is 19.1 Å². The molecule has 0 aromatic heterocycles. The van der Waals surface area contributed by atoms with Crippen LogP contribution in [0.15, 0.2) is 12.1 Å². The second kappa shape index (κ2) is 5.55. The highest BCUT2D eigenvalue weighted by atomic mass is 19.1. The van der Waals surface area contributed by atoms with Crippen LogP contribution in [0.1, 0.15) is 31.7 Å². The summed E-state index contributed by atoms with van der Waals surface area (Å²) in [4.78, 5) is 11.1. The third kappa shape index (κ3) is 3.22. The minimum atomic E-state index is -0.655. The van der Waals surface area contributed by atoms with Gasteiger partial charge in [-0.25, -0.2) is 8.78 Å². The van der Waals surface area contributed by atoms with Crippen molar-refractivity contribution in [3.63, 3.8) is 0 Å². The maximum absolute atomic E-state index is 13.7. The molecule has 1 aromatic rings. The van der Waals surface area contributed by atoms with Crippen molar-refractivity contribution >= 4 is 5.91 Å². The zero-order valence-corrected chi connectivity index (χ0v) is 11.0. The smallest absolute Gasteiger partial charge is 0.220 e. The molecule has 1 heterocycles. The van der Waals surface area contributed by atoms with Gasteiger partial charge in [-0.3, -0.25) is 4.79 Å². The molecule has 19 heavy (non-hydrogen) atoms. The highest BCUT2D eigenvalue weighted by molar-refractivity contribution is 5.78. The largest absolute Gasteiger partial charge is 0.493 e. The second-order valence-electron chi connectivity index (χ2n) is 5.14. The van der Waals surface area contributed by atoms with Crippen LogP contribution in [0.3, 0.4) is 0 Å². The van der Waals surface area contributed by atoms with Gasteiger partial charge in [0, 0.05) is 36.6 Å². The van der Waals surface area contributed by atoms with E-state index in [0.29, 0.717) is 18.5 Å². The number of carbonyl (C=O) groups is 1. The van der Waals surface area contributed by atoms with E-state index in [1.807, 2.05) is 13.8 Å². The van der Waals surface area contributed by atoms with Gasteiger partial charge in [0.25, 0.3) is 0 Å². The van der Waals surface area contributed by atoms with Crippen molar-refractivity contribution in [2.45, 2.75) is 26.2 Å². The lowest BCUT2D eigenvalue weighted by Gasteiger charge is -2.16. The molecule has 1 aliphatic heterocycles. The molecular formula is C14H17F2NO2. The molecular weight excluding hydrogens is 252 g/mol. The SMILES string of the molecule is CC(C)c1c(F)cc(F)cc1OCC1CNC(=O)C1. The van der Waals surface area contributed by atoms with E-state index in [2.05, 4.69) is 5.32 Å². The minimum absolute atomic E-state index is 0.0110. The second-order valence-corrected chi connectivity index (χ2v) is 5.14. The number of nitrogens with one attached hydrogen (secondary N) is 1. The molecule has 1 aromatic carbocycles. The molecule has 1 saturated heterocycles. The maximum Gasteiger partial charge on any atom is 0.220 e. The van der Waals surface area contributed by atoms with Crippen LogP contribution in [0.25, 0.3) is 0 Å². The van der Waals surface area contributed by atoms with Gasteiger partial charge in [0.2, 0.25) is 5.91 Å². The first-order chi connectivity index (χ1) is 8.97. The molecule has 1 atom stereocenters. The number of amides is 1. The fourth-order valence-corrected chi connectivity index (χ4v) is 2.23. The number of carbonyl (C=O) groups excluding carboxylic acids is 1. The Balaban J connectivity index is 2.12. The zero-order chi connectivity index (χ0) is 14.0. The first-order valence-corrected chi connectivity index (χ1v) is 6.35. The van der Waals surface area contributed by atoms with Gasteiger partial charge in [-0.15, -0.1) is 0 Å². The van der Waals surface area contributed by atoms with E-state index in [4.69, 9.17) is 4.74 Å². The maximum atomic E-state index is 13.7. The molecule has 0 spiro atoms. The Morgan fingerprint density at radius 2 is 2.16 bits per heavy atom. The summed E-state index contributed by atoms with van der Waals surface area (Å²) in [5, 5.41) is 2.70. The van der Waals surface area contributed by atoms with E-state index in [1.165, 1.54) is 6.07 Å². The molecule has 2 rings (SSSR count). The first kappa shape index (κ1) is 13.8. The first-order valence-electron chi connectivity index (χ1n) is 6.35. The van der Waals surface area contributed by atoms with Gasteiger partial charge in [-0.1, -0.05) is 13.8 Å². The Labute approximate surface area is 111 Å². The van der Waals surface area contributed by atoms with Gasteiger partial charge in [-0.2, -0.15) is 0 Å². The highest BCUT2D eigenvalue weighted by Crippen LogP contribution is 2.30. The molecule has 0 aliphatic carbocycles. The molecule has 0 bridgehead atoms. The van der Waals surface area contributed by atoms with Crippen molar-refractivity contribution in [3.05, 3.63) is 29.3 Å². The van der Waals surface area contributed by atoms with Gasteiger partial charge in [0.1, 0.15) is 17.4 Å². The van der Waals surface area contributed by atoms with Crippen molar-refractivity contribution < 1.29 is 18.3 Å². The Kier molecular flexibility index (Phi) is 4.02. The number of ether oxygens (including phenoxy) is 1. The average Bonchev–Trinajstić information content (AvgIpc) is 2.71. The Bertz CT molecular complexity index is 489. The topological polar surface area (TPSA) is 38.3 Å². The third-order valence-corrected chi connectivity index (χ3v) is 3.17. The molecule has 1 amide bonds. The van der Waals surface area contributed by atoms with Crippen LogP contribution in [0.5, 0.6) is 5.75 Å². The van der Waals surface area contributed by atoms with Gasteiger partial charge < -0.3 is 10.1 Å². The molecule has 1 unspecified atom stereocenters. The van der Waals surface area contributed by atoms with Crippen LogP contribution in [0.2, 0.25) is 0 Å². The Morgan fingerprint density at radius 1 is 1.42 bits per heavy atom. The molecule has 3 nitrogen and oxygen atoms in total. The molecule has 1 aliphatic rings. The molecule has 0 radical (unpaired) electrons. The quantitative estimate of drug-likeness (QED) is 0.912. The van der Waals surface area contributed by atoms with Gasteiger partial charge >= 0.3 is 0 Å². The van der Waals surface area contributed by atoms with E-state index in [0.717, 1.165) is 6.07 Å². The number of hydrogen-bond acceptors (Lipinski definition) is 2. The number of hydrogen-bond donors (Lipinski definition) is 1. The third-order valence-electron chi connectivity index (χ3n) is 3.17. The standard InChI is InChI=1S/C14H17F2NO2/c1-8(2)14-11(16)4-10(15)5-12(14)19-7-9-3-13(18)17-6-9/h4-5,8-9H,3,6-7H2,1-2H3,(H,17,18). The number of rotatable bonds is 4. The summed E-state index contributed by atoms with van der Waals surface area (Å²) in [7, 11) is 0. The van der Waals surface area contributed by atoms with Crippen LogP contribution in [0.4, 0.5) is 8.78 Å². The van der Waals surface area contributed by atoms with Crippen molar-refractivity contribution in [2.24, 2.45) is 5.92 Å². The summed E-state index contributed by atoms with van der Waals surface area (Å²) in [6.07, 6.45) is 0.398. The van der Waals surface area contributed by atoms with Gasteiger partial charge in [0.05, 0.1) is 6.61 Å². The fourth-order valence-electron chi connectivity index (χ4n) is 2.23. The summed E-state index contributed by atoms with van der Waals surface area (Å²) in [5.74, 6) is -1.07. The van der Waals surface area contributed by atoms with Crippen LogP contribution < -0.4 is 10.1 Å². The summed E-state index contributed by atoms with van der Waals surface area (Å²) < 4.78 is 32.5. The van der Waals surface area contributed by atoms with Crippen molar-refractivity contribution in [3.8, 4) is 5.75 Å². The summed E-state index contributed by atoms with van der Waals surface area (Å²) in [6.45, 7) is 4.47. The minimum Gasteiger partial charge on any atom is -0.493 e. The summed E-state index contributed by atoms with van der Waals surface area (Å²) in [5.41, 5.74) is 0.374. The van der Waals surface area contributed by atoms with Crippen LogP contribution in [-0.2, 0) is 4.79 Å². The number of halogens is 2. The van der Waals surface area contributed by atoms with E-state index < -0.39 is 11.6 Å². The predicted molar refractivity (Wildman–Crippen MR) is 67.1 cm³/mol. The highest BCUT2D eigenvalue weighted by Gasteiger charge is 2.23. The summed E-state index contributed by atoms with van der Waals surface area (Å²) in [6, 6.07) is 2.06. The normalized spacial score (nSPS) is 18.8. The van der Waals surface area contributed by atoms with Crippen molar-refractivity contribution in [2.75, 3.05) is 13.2 Å². The monoisotopic (exact) mass is 269 g/mol. The van der Waals surface area contributed by atoms with E-state index in [9.17, 15) is 13.6 Å². The van der Waals surface area contributed by atoms with Gasteiger partial charge in [0.15, 0.2) is 0 Å². The molecule has 1 fully saturated rings. The molecule has 5 heteroatoms. The van der Waals surface area contributed by atoms with Crippen molar-refractivity contribution in [1.29, 1.82) is 0 Å². The number of benzene rings is 1. The van der Waals surface area contributed by atoms with Gasteiger partial charge in [-0.05, 0) is 5.92 Å².